The van der Waals surface area contributed by atoms with E-state index in [0.717, 1.165) is 30.0 Å². The molecule has 10 heteroatoms. The number of hydrogen-bond acceptors (Lipinski definition) is 5. The van der Waals surface area contributed by atoms with Crippen LogP contribution in [0.5, 0.6) is 11.5 Å². The van der Waals surface area contributed by atoms with E-state index >= 15 is 0 Å². The van der Waals surface area contributed by atoms with Crippen molar-refractivity contribution in [2.45, 2.75) is 56.1 Å². The van der Waals surface area contributed by atoms with Gasteiger partial charge in [-0.25, -0.2) is 12.8 Å². The molecule has 4 aromatic carbocycles. The van der Waals surface area contributed by atoms with E-state index in [1.807, 2.05) is 18.2 Å². The zero-order valence-electron chi connectivity index (χ0n) is 25.0. The lowest BCUT2D eigenvalue weighted by molar-refractivity contribution is -0.139. The van der Waals surface area contributed by atoms with Crippen LogP contribution in [0.1, 0.15) is 38.2 Å². The van der Waals surface area contributed by atoms with Crippen LogP contribution >= 0.6 is 0 Å². The highest BCUT2D eigenvalue weighted by molar-refractivity contribution is 7.92. The first kappa shape index (κ1) is 31.7. The molecule has 1 atom stereocenters. The van der Waals surface area contributed by atoms with Gasteiger partial charge in [0.1, 0.15) is 29.9 Å². The molecule has 0 spiro atoms. The second kappa shape index (κ2) is 14.4. The quantitative estimate of drug-likeness (QED) is 0.199. The first-order valence-electron chi connectivity index (χ1n) is 15.0. The number of rotatable bonds is 12. The number of ether oxygens (including phenoxy) is 1. The molecule has 0 radical (unpaired) electrons. The minimum Gasteiger partial charge on any atom is -0.457 e. The largest absolute Gasteiger partial charge is 0.457 e. The molecule has 8 nitrogen and oxygen atoms in total. The number of carbonyl (C=O) groups is 2. The van der Waals surface area contributed by atoms with Crippen LogP contribution in [0.4, 0.5) is 10.1 Å². The SMILES string of the molecule is C[C@@H](C(=O)NC1CCCC1)N(Cc1ccc(F)cc1)C(=O)CN(c1ccc(Oc2ccccc2)cc1)S(=O)(=O)c1ccccc1. The van der Waals surface area contributed by atoms with Crippen molar-refractivity contribution < 1.29 is 27.1 Å². The lowest BCUT2D eigenvalue weighted by atomic mass is 10.1. The van der Waals surface area contributed by atoms with Gasteiger partial charge in [-0.05, 0) is 86.0 Å². The number of amides is 2. The molecule has 1 fully saturated rings. The van der Waals surface area contributed by atoms with Gasteiger partial charge in [-0.2, -0.15) is 0 Å². The Morgan fingerprint density at radius 2 is 1.42 bits per heavy atom. The van der Waals surface area contributed by atoms with Crippen LogP contribution in [-0.2, 0) is 26.2 Å². The third kappa shape index (κ3) is 8.07. The smallest absolute Gasteiger partial charge is 0.264 e. The number of para-hydroxylation sites is 1. The number of benzene rings is 4. The second-order valence-electron chi connectivity index (χ2n) is 11.0. The number of sulfonamides is 1. The molecular weight excluding hydrogens is 593 g/mol. The summed E-state index contributed by atoms with van der Waals surface area (Å²) in [5.74, 6) is -0.225. The van der Waals surface area contributed by atoms with E-state index in [1.54, 1.807) is 73.7 Å². The highest BCUT2D eigenvalue weighted by Gasteiger charge is 2.33. The zero-order chi connectivity index (χ0) is 31.8. The lowest BCUT2D eigenvalue weighted by Gasteiger charge is -2.32. The lowest BCUT2D eigenvalue weighted by Crippen LogP contribution is -2.52. The Morgan fingerprint density at radius 1 is 0.844 bits per heavy atom. The average Bonchev–Trinajstić information content (AvgIpc) is 3.57. The molecule has 0 bridgehead atoms. The molecule has 4 aromatic rings. The van der Waals surface area contributed by atoms with Crippen LogP contribution in [0.25, 0.3) is 0 Å². The van der Waals surface area contributed by atoms with Gasteiger partial charge >= 0.3 is 0 Å². The van der Waals surface area contributed by atoms with Gasteiger partial charge in [-0.15, -0.1) is 0 Å². The molecular formula is C35H36FN3O5S. The van der Waals surface area contributed by atoms with Crippen LogP contribution in [-0.4, -0.2) is 43.8 Å². The van der Waals surface area contributed by atoms with Crippen molar-refractivity contribution in [2.24, 2.45) is 0 Å². The van der Waals surface area contributed by atoms with Gasteiger partial charge in [0.05, 0.1) is 10.6 Å². The highest BCUT2D eigenvalue weighted by Crippen LogP contribution is 2.29. The van der Waals surface area contributed by atoms with Crippen molar-refractivity contribution in [3.8, 4) is 11.5 Å². The summed E-state index contributed by atoms with van der Waals surface area (Å²) in [5, 5.41) is 3.04. The van der Waals surface area contributed by atoms with E-state index in [-0.39, 0.29) is 29.1 Å². The van der Waals surface area contributed by atoms with E-state index < -0.39 is 34.3 Å². The van der Waals surface area contributed by atoms with E-state index in [4.69, 9.17) is 4.74 Å². The molecule has 1 aliphatic rings. The maximum atomic E-state index is 14.1. The normalized spacial score (nSPS) is 14.0. The van der Waals surface area contributed by atoms with Crippen LogP contribution in [0.2, 0.25) is 0 Å². The summed E-state index contributed by atoms with van der Waals surface area (Å²) in [4.78, 5) is 28.8. The predicted octanol–water partition coefficient (Wildman–Crippen LogP) is 6.29. The maximum Gasteiger partial charge on any atom is 0.264 e. The molecule has 5 rings (SSSR count). The van der Waals surface area contributed by atoms with Crippen LogP contribution in [0, 0.1) is 5.82 Å². The standard InChI is InChI=1S/C35H36FN3O5S/c1-26(35(41)37-29-10-8-9-11-29)38(24-27-16-18-28(36)19-17-27)34(40)25-39(45(42,43)33-14-6-3-7-15-33)30-20-22-32(23-21-30)44-31-12-4-2-5-13-31/h2-7,12-23,26,29H,8-11,24-25H2,1H3,(H,37,41)/t26-/m0/s1. The zero-order valence-corrected chi connectivity index (χ0v) is 25.8. The average molecular weight is 630 g/mol. The monoisotopic (exact) mass is 629 g/mol. The third-order valence-electron chi connectivity index (χ3n) is 7.85. The fourth-order valence-electron chi connectivity index (χ4n) is 5.31. The molecule has 45 heavy (non-hydrogen) atoms. The van der Waals surface area contributed by atoms with Crippen LogP contribution in [0.3, 0.4) is 0 Å². The maximum absolute atomic E-state index is 14.1. The molecule has 0 saturated heterocycles. The topological polar surface area (TPSA) is 96.0 Å². The van der Waals surface area contributed by atoms with Crippen molar-refractivity contribution in [3.63, 3.8) is 0 Å². The molecule has 0 heterocycles. The summed E-state index contributed by atoms with van der Waals surface area (Å²) in [5.41, 5.74) is 0.850. The minimum absolute atomic E-state index is 0.0125. The van der Waals surface area contributed by atoms with Gasteiger partial charge in [0.15, 0.2) is 0 Å². The Bertz CT molecular complexity index is 1680. The number of hydrogen-bond donors (Lipinski definition) is 1. The van der Waals surface area contributed by atoms with Crippen molar-refractivity contribution in [1.29, 1.82) is 0 Å². The summed E-state index contributed by atoms with van der Waals surface area (Å²) in [6.45, 7) is 1.04. The van der Waals surface area contributed by atoms with Gasteiger partial charge in [-0.1, -0.05) is 61.4 Å². The molecule has 1 saturated carbocycles. The molecule has 2 amide bonds. The number of halogens is 1. The summed E-state index contributed by atoms with van der Waals surface area (Å²) in [6.07, 6.45) is 3.80. The van der Waals surface area contributed by atoms with E-state index in [0.29, 0.717) is 17.1 Å². The van der Waals surface area contributed by atoms with E-state index in [2.05, 4.69) is 5.32 Å². The van der Waals surface area contributed by atoms with Crippen molar-refractivity contribution in [2.75, 3.05) is 10.8 Å². The molecule has 1 N–H and O–H groups in total. The Kier molecular flexibility index (Phi) is 10.1. The van der Waals surface area contributed by atoms with Gasteiger partial charge in [0.25, 0.3) is 10.0 Å². The number of nitrogens with one attached hydrogen (secondary N) is 1. The van der Waals surface area contributed by atoms with Crippen molar-refractivity contribution in [3.05, 3.63) is 121 Å². The fourth-order valence-corrected chi connectivity index (χ4v) is 6.75. The van der Waals surface area contributed by atoms with Gasteiger partial charge in [-0.3, -0.25) is 13.9 Å². The Hall–Kier alpha value is -4.70. The summed E-state index contributed by atoms with van der Waals surface area (Å²) in [6, 6.07) is 28.2. The van der Waals surface area contributed by atoms with Crippen molar-refractivity contribution >= 4 is 27.5 Å². The Morgan fingerprint density at radius 3 is 2.04 bits per heavy atom. The van der Waals surface area contributed by atoms with E-state index in [1.165, 1.54) is 29.2 Å². The van der Waals surface area contributed by atoms with Gasteiger partial charge < -0.3 is 15.0 Å². The summed E-state index contributed by atoms with van der Waals surface area (Å²) < 4.78 is 48.6. The number of nitrogens with zero attached hydrogens (tertiary/aromatic N) is 2. The second-order valence-corrected chi connectivity index (χ2v) is 12.9. The Balaban J connectivity index is 1.45. The summed E-state index contributed by atoms with van der Waals surface area (Å²) in [7, 11) is -4.20. The number of anilines is 1. The first-order valence-corrected chi connectivity index (χ1v) is 16.4. The molecule has 0 aliphatic heterocycles. The van der Waals surface area contributed by atoms with Crippen molar-refractivity contribution in [1.82, 2.24) is 10.2 Å². The fraction of sp³-hybridized carbons (Fsp3) is 0.257. The van der Waals surface area contributed by atoms with E-state index in [9.17, 15) is 22.4 Å². The van der Waals surface area contributed by atoms with Gasteiger partial charge in [0, 0.05) is 12.6 Å². The first-order chi connectivity index (χ1) is 21.7. The third-order valence-corrected chi connectivity index (χ3v) is 9.64. The molecule has 0 unspecified atom stereocenters. The molecule has 234 valence electrons. The van der Waals surface area contributed by atoms with Crippen LogP contribution in [0.15, 0.2) is 114 Å². The summed E-state index contributed by atoms with van der Waals surface area (Å²) >= 11 is 0. The molecule has 1 aliphatic carbocycles. The highest BCUT2D eigenvalue weighted by atomic mass is 32.2. The predicted molar refractivity (Wildman–Crippen MR) is 171 cm³/mol. The Labute approximate surface area is 263 Å². The minimum atomic E-state index is -4.20. The molecule has 0 aromatic heterocycles. The van der Waals surface area contributed by atoms with Gasteiger partial charge in [0.2, 0.25) is 11.8 Å². The number of carbonyl (C=O) groups excluding carboxylic acids is 2. The van der Waals surface area contributed by atoms with Crippen LogP contribution < -0.4 is 14.4 Å².